The number of hydrogen-bond acceptors (Lipinski definition) is 5. The van der Waals surface area contributed by atoms with Crippen LogP contribution in [0.25, 0.3) is 11.3 Å². The largest absolute Gasteiger partial charge is 0.455 e. The number of guanidine groups is 1. The molecule has 0 bridgehead atoms. The standard InChI is InChI=1S/C12H10ClN5O3/c13-9-3-1-2-8(6-9)11-5-4-10(21-11)7-15-16-12(14)17-18(19)20/h1-7H,(H3,14,16,17)/b15-7-. The maximum atomic E-state index is 10.1. The summed E-state index contributed by atoms with van der Waals surface area (Å²) in [7, 11) is 0. The number of furan rings is 1. The lowest BCUT2D eigenvalue weighted by atomic mass is 10.2. The average molecular weight is 308 g/mol. The molecule has 0 aliphatic heterocycles. The summed E-state index contributed by atoms with van der Waals surface area (Å²) < 4.78 is 5.52. The average Bonchev–Trinajstić information content (AvgIpc) is 2.86. The van der Waals surface area contributed by atoms with Gasteiger partial charge in [0.15, 0.2) is 5.03 Å². The lowest BCUT2D eigenvalue weighted by molar-refractivity contribution is -0.525. The fourth-order valence-electron chi connectivity index (χ4n) is 1.48. The number of nitrogens with zero attached hydrogens (tertiary/aromatic N) is 3. The minimum absolute atomic E-state index is 0.419. The van der Waals surface area contributed by atoms with Gasteiger partial charge in [0.25, 0.3) is 5.96 Å². The molecule has 108 valence electrons. The molecular formula is C12H10ClN5O3. The van der Waals surface area contributed by atoms with Gasteiger partial charge < -0.3 is 10.2 Å². The van der Waals surface area contributed by atoms with E-state index in [1.165, 1.54) is 6.21 Å². The van der Waals surface area contributed by atoms with Crippen molar-refractivity contribution in [3.8, 4) is 11.3 Å². The first-order chi connectivity index (χ1) is 10.0. The third-order valence-electron chi connectivity index (χ3n) is 2.29. The normalized spacial score (nSPS) is 11.8. The number of nitro groups is 1. The Bertz CT molecular complexity index is 710. The molecule has 0 fully saturated rings. The van der Waals surface area contributed by atoms with Crippen LogP contribution in [0.2, 0.25) is 5.02 Å². The van der Waals surface area contributed by atoms with Gasteiger partial charge in [0, 0.05) is 10.6 Å². The van der Waals surface area contributed by atoms with E-state index < -0.39 is 11.0 Å². The van der Waals surface area contributed by atoms with E-state index in [4.69, 9.17) is 21.8 Å². The third kappa shape index (κ3) is 4.32. The van der Waals surface area contributed by atoms with Crippen LogP contribution in [0.4, 0.5) is 0 Å². The number of nitrogens with two attached hydrogens (primary N) is 1. The maximum Gasteiger partial charge on any atom is 0.275 e. The van der Waals surface area contributed by atoms with Crippen molar-refractivity contribution < 1.29 is 9.45 Å². The van der Waals surface area contributed by atoms with Crippen molar-refractivity contribution in [1.82, 2.24) is 5.43 Å². The van der Waals surface area contributed by atoms with Crippen molar-refractivity contribution in [2.75, 3.05) is 0 Å². The van der Waals surface area contributed by atoms with Crippen LogP contribution >= 0.6 is 11.6 Å². The number of nitrogens with one attached hydrogen (secondary N) is 1. The summed E-state index contributed by atoms with van der Waals surface area (Å²) in [6.07, 6.45) is 1.28. The highest BCUT2D eigenvalue weighted by molar-refractivity contribution is 6.30. The molecule has 21 heavy (non-hydrogen) atoms. The summed E-state index contributed by atoms with van der Waals surface area (Å²) in [4.78, 5) is 10.1. The topological polar surface area (TPSA) is 119 Å². The molecule has 0 unspecified atom stereocenters. The van der Waals surface area contributed by atoms with E-state index in [1.807, 2.05) is 12.1 Å². The Morgan fingerprint density at radius 1 is 1.43 bits per heavy atom. The first kappa shape index (κ1) is 14.5. The predicted octanol–water partition coefficient (Wildman–Crippen LogP) is 2.03. The summed E-state index contributed by atoms with van der Waals surface area (Å²) in [5.74, 6) is 0.597. The van der Waals surface area contributed by atoms with Crippen LogP contribution in [0.15, 0.2) is 51.0 Å². The molecule has 0 amide bonds. The Labute approximate surface area is 124 Å². The predicted molar refractivity (Wildman–Crippen MR) is 78.5 cm³/mol. The lowest BCUT2D eigenvalue weighted by Gasteiger charge is -1.96. The Morgan fingerprint density at radius 3 is 2.95 bits per heavy atom. The number of hydrazine groups is 1. The molecule has 2 rings (SSSR count). The fraction of sp³-hybridized carbons (Fsp3) is 0. The fourth-order valence-corrected chi connectivity index (χ4v) is 1.67. The molecule has 1 aromatic carbocycles. The van der Waals surface area contributed by atoms with Gasteiger partial charge in [-0.15, -0.1) is 5.10 Å². The first-order valence-corrected chi connectivity index (χ1v) is 6.06. The molecule has 0 aliphatic carbocycles. The van der Waals surface area contributed by atoms with Gasteiger partial charge in [0.2, 0.25) is 0 Å². The van der Waals surface area contributed by atoms with E-state index >= 15 is 0 Å². The smallest absolute Gasteiger partial charge is 0.275 e. The minimum atomic E-state index is -0.835. The number of halogens is 1. The van der Waals surface area contributed by atoms with Crippen LogP contribution in [0.3, 0.4) is 0 Å². The van der Waals surface area contributed by atoms with Crippen molar-refractivity contribution in [2.24, 2.45) is 15.9 Å². The van der Waals surface area contributed by atoms with Gasteiger partial charge >= 0.3 is 0 Å². The van der Waals surface area contributed by atoms with Crippen molar-refractivity contribution in [3.63, 3.8) is 0 Å². The van der Waals surface area contributed by atoms with Crippen molar-refractivity contribution >= 4 is 23.8 Å². The molecule has 0 aliphatic rings. The van der Waals surface area contributed by atoms with E-state index in [9.17, 15) is 10.1 Å². The van der Waals surface area contributed by atoms with Crippen LogP contribution in [-0.4, -0.2) is 17.2 Å². The monoisotopic (exact) mass is 307 g/mol. The zero-order valence-corrected chi connectivity index (χ0v) is 11.3. The Kier molecular flexibility index (Phi) is 4.52. The maximum absolute atomic E-state index is 10.1. The van der Waals surface area contributed by atoms with Crippen molar-refractivity contribution in [2.45, 2.75) is 0 Å². The second kappa shape index (κ2) is 6.53. The Balaban J connectivity index is 2.08. The summed E-state index contributed by atoms with van der Waals surface area (Å²) in [5, 5.41) is 16.8. The van der Waals surface area contributed by atoms with Gasteiger partial charge in [-0.1, -0.05) is 29.2 Å². The van der Waals surface area contributed by atoms with E-state index in [0.717, 1.165) is 5.56 Å². The minimum Gasteiger partial charge on any atom is -0.455 e. The molecule has 2 aromatic rings. The Morgan fingerprint density at radius 2 is 2.24 bits per heavy atom. The molecule has 0 atom stereocenters. The van der Waals surface area contributed by atoms with Gasteiger partial charge in [-0.3, -0.25) is 0 Å². The van der Waals surface area contributed by atoms with Crippen molar-refractivity contribution in [3.05, 3.63) is 57.3 Å². The zero-order chi connectivity index (χ0) is 15.2. The highest BCUT2D eigenvalue weighted by Crippen LogP contribution is 2.24. The molecule has 0 saturated heterocycles. The quantitative estimate of drug-likeness (QED) is 0.387. The van der Waals surface area contributed by atoms with E-state index in [-0.39, 0.29) is 0 Å². The molecule has 0 radical (unpaired) electrons. The van der Waals surface area contributed by atoms with E-state index in [2.05, 4.69) is 10.2 Å². The third-order valence-corrected chi connectivity index (χ3v) is 2.53. The number of benzene rings is 1. The van der Waals surface area contributed by atoms with Gasteiger partial charge in [-0.2, -0.15) is 5.10 Å². The number of rotatable bonds is 4. The first-order valence-electron chi connectivity index (χ1n) is 5.68. The van der Waals surface area contributed by atoms with Crippen LogP contribution in [0.5, 0.6) is 0 Å². The van der Waals surface area contributed by atoms with Crippen LogP contribution in [-0.2, 0) is 0 Å². The van der Waals surface area contributed by atoms with Crippen molar-refractivity contribution in [1.29, 1.82) is 0 Å². The molecular weight excluding hydrogens is 298 g/mol. The van der Waals surface area contributed by atoms with Gasteiger partial charge in [-0.05, 0) is 24.3 Å². The molecule has 8 nitrogen and oxygen atoms in total. The second-order valence-electron chi connectivity index (χ2n) is 3.81. The van der Waals surface area contributed by atoms with Gasteiger partial charge in [0.05, 0.1) is 6.21 Å². The molecule has 0 saturated carbocycles. The highest BCUT2D eigenvalue weighted by atomic mass is 35.5. The number of hydrogen-bond donors (Lipinski definition) is 2. The lowest BCUT2D eigenvalue weighted by Crippen LogP contribution is -2.35. The van der Waals surface area contributed by atoms with Gasteiger partial charge in [0.1, 0.15) is 11.5 Å². The Hall–Kier alpha value is -2.87. The highest BCUT2D eigenvalue weighted by Gasteiger charge is 2.04. The summed E-state index contributed by atoms with van der Waals surface area (Å²) in [5.41, 5.74) is 7.67. The molecule has 9 heteroatoms. The van der Waals surface area contributed by atoms with Crippen LogP contribution < -0.4 is 11.2 Å². The summed E-state index contributed by atoms with van der Waals surface area (Å²) in [6, 6.07) is 10.6. The van der Waals surface area contributed by atoms with Crippen LogP contribution in [0, 0.1) is 10.1 Å². The van der Waals surface area contributed by atoms with E-state index in [0.29, 0.717) is 16.5 Å². The zero-order valence-electron chi connectivity index (χ0n) is 10.6. The SMILES string of the molecule is NC(=N/N=C\c1ccc(-c2cccc(Cl)c2)o1)N[N+](=O)[O-]. The van der Waals surface area contributed by atoms with Gasteiger partial charge in [-0.25, -0.2) is 10.1 Å². The van der Waals surface area contributed by atoms with Crippen LogP contribution in [0.1, 0.15) is 5.76 Å². The molecule has 0 spiro atoms. The molecule has 1 aromatic heterocycles. The van der Waals surface area contributed by atoms with E-state index in [1.54, 1.807) is 29.7 Å². The molecule has 1 heterocycles. The summed E-state index contributed by atoms with van der Waals surface area (Å²) in [6.45, 7) is 0. The molecule has 3 N–H and O–H groups in total. The second-order valence-corrected chi connectivity index (χ2v) is 4.25. The summed E-state index contributed by atoms with van der Waals surface area (Å²) >= 11 is 5.90.